The number of rotatable bonds is 5. The maximum absolute atomic E-state index is 14.7. The molecule has 0 saturated carbocycles. The van der Waals surface area contributed by atoms with Crippen molar-refractivity contribution in [1.82, 2.24) is 19.5 Å². The Labute approximate surface area is 151 Å². The van der Waals surface area contributed by atoms with E-state index < -0.39 is 24.1 Å². The van der Waals surface area contributed by atoms with Gasteiger partial charge in [-0.3, -0.25) is 4.57 Å². The van der Waals surface area contributed by atoms with Crippen molar-refractivity contribution < 1.29 is 19.0 Å². The number of nitrogens with zero attached hydrogens (tertiary/aromatic N) is 4. The van der Waals surface area contributed by atoms with E-state index in [0.29, 0.717) is 29.6 Å². The normalized spacial score (nSPS) is 30.0. The highest BCUT2D eigenvalue weighted by atomic mass is 127. The van der Waals surface area contributed by atoms with Crippen molar-refractivity contribution in [1.29, 1.82) is 0 Å². The van der Waals surface area contributed by atoms with Crippen LogP contribution in [0.15, 0.2) is 6.33 Å². The van der Waals surface area contributed by atoms with Crippen molar-refractivity contribution in [3.05, 3.63) is 6.33 Å². The SMILES string of the molecule is CCOc1nc(NC)nc2c1ncn2[C@@H]1O[C@](F)(CI)[C@@H](O)[C@@H]1C. The molecule has 2 aromatic heterocycles. The third kappa shape index (κ3) is 2.69. The van der Waals surface area contributed by atoms with E-state index in [9.17, 15) is 9.50 Å². The van der Waals surface area contributed by atoms with Crippen molar-refractivity contribution in [3.63, 3.8) is 0 Å². The first kappa shape index (κ1) is 17.5. The van der Waals surface area contributed by atoms with E-state index in [2.05, 4.69) is 20.3 Å². The quantitative estimate of drug-likeness (QED) is 0.530. The number of hydrogen-bond acceptors (Lipinski definition) is 7. The Hall–Kier alpha value is -1.27. The molecule has 0 amide bonds. The molecule has 24 heavy (non-hydrogen) atoms. The van der Waals surface area contributed by atoms with Gasteiger partial charge in [0.05, 0.1) is 17.4 Å². The average molecular weight is 451 g/mol. The van der Waals surface area contributed by atoms with E-state index in [-0.39, 0.29) is 4.43 Å². The second-order valence-electron chi connectivity index (χ2n) is 5.59. The smallest absolute Gasteiger partial charge is 0.247 e. The number of halogens is 2. The molecule has 132 valence electrons. The molecule has 0 aromatic carbocycles. The van der Waals surface area contributed by atoms with Crippen LogP contribution >= 0.6 is 22.6 Å². The number of alkyl halides is 2. The van der Waals surface area contributed by atoms with Crippen LogP contribution in [0.1, 0.15) is 20.1 Å². The van der Waals surface area contributed by atoms with Crippen LogP contribution in [0.4, 0.5) is 10.3 Å². The Morgan fingerprint density at radius 1 is 1.54 bits per heavy atom. The summed E-state index contributed by atoms with van der Waals surface area (Å²) in [4.78, 5) is 12.9. The molecule has 0 unspecified atom stereocenters. The highest BCUT2D eigenvalue weighted by molar-refractivity contribution is 14.1. The molecule has 8 nitrogen and oxygen atoms in total. The summed E-state index contributed by atoms with van der Waals surface area (Å²) in [5.74, 6) is -1.86. The second-order valence-corrected chi connectivity index (χ2v) is 6.35. The van der Waals surface area contributed by atoms with Gasteiger partial charge in [-0.1, -0.05) is 29.5 Å². The molecule has 0 spiro atoms. The van der Waals surface area contributed by atoms with Crippen LogP contribution in [-0.2, 0) is 4.74 Å². The van der Waals surface area contributed by atoms with Gasteiger partial charge >= 0.3 is 0 Å². The molecule has 2 aromatic rings. The van der Waals surface area contributed by atoms with E-state index in [0.717, 1.165) is 0 Å². The fraction of sp³-hybridized carbons (Fsp3) is 0.643. The predicted octanol–water partition coefficient (Wildman–Crippen LogP) is 1.89. The third-order valence-corrected chi connectivity index (χ3v) is 5.10. The monoisotopic (exact) mass is 451 g/mol. The van der Waals surface area contributed by atoms with Gasteiger partial charge in [0.1, 0.15) is 12.3 Å². The Morgan fingerprint density at radius 3 is 2.88 bits per heavy atom. The lowest BCUT2D eigenvalue weighted by atomic mass is 10.0. The van der Waals surface area contributed by atoms with Crippen LogP contribution in [0.25, 0.3) is 11.2 Å². The summed E-state index contributed by atoms with van der Waals surface area (Å²) >= 11 is 1.86. The first-order chi connectivity index (χ1) is 11.4. The maximum Gasteiger partial charge on any atom is 0.247 e. The van der Waals surface area contributed by atoms with Gasteiger partial charge in [0.15, 0.2) is 11.2 Å². The molecule has 1 fully saturated rings. The topological polar surface area (TPSA) is 94.3 Å². The lowest BCUT2D eigenvalue weighted by Crippen LogP contribution is -2.37. The Kier molecular flexibility index (Phi) is 4.80. The molecule has 0 aliphatic carbocycles. The van der Waals surface area contributed by atoms with E-state index in [1.807, 2.05) is 29.5 Å². The van der Waals surface area contributed by atoms with Crippen LogP contribution in [0.2, 0.25) is 0 Å². The molecule has 3 heterocycles. The molecular weight excluding hydrogens is 432 g/mol. The summed E-state index contributed by atoms with van der Waals surface area (Å²) in [7, 11) is 1.69. The van der Waals surface area contributed by atoms with Gasteiger partial charge in [0.25, 0.3) is 0 Å². The molecule has 1 saturated heterocycles. The van der Waals surface area contributed by atoms with Gasteiger partial charge in [0.2, 0.25) is 17.7 Å². The molecule has 2 N–H and O–H groups in total. The summed E-state index contributed by atoms with van der Waals surface area (Å²) in [6.07, 6.45) is -0.443. The standard InChI is InChI=1S/C14H19FIN5O3/c1-4-23-11-8-10(19-13(17-3)20-11)21(6-18-8)12-7(2)9(22)14(15,5-16)24-12/h6-7,9,12,22H,4-5H2,1-3H3,(H,17,19,20)/t7-,9-,12+,14+/m0/s1. The molecular formula is C14H19FIN5O3. The van der Waals surface area contributed by atoms with Crippen molar-refractivity contribution in [3.8, 4) is 5.88 Å². The van der Waals surface area contributed by atoms with Gasteiger partial charge in [0, 0.05) is 13.0 Å². The molecule has 1 aliphatic rings. The first-order valence-electron chi connectivity index (χ1n) is 7.61. The number of aromatic nitrogens is 4. The van der Waals surface area contributed by atoms with E-state index >= 15 is 0 Å². The maximum atomic E-state index is 14.7. The van der Waals surface area contributed by atoms with Crippen molar-refractivity contribution >= 4 is 39.7 Å². The summed E-state index contributed by atoms with van der Waals surface area (Å²) < 4.78 is 27.4. The second kappa shape index (κ2) is 6.56. The average Bonchev–Trinajstić information content (AvgIpc) is 3.10. The number of hydrogen-bond donors (Lipinski definition) is 2. The van der Waals surface area contributed by atoms with E-state index in [4.69, 9.17) is 9.47 Å². The molecule has 3 rings (SSSR count). The summed E-state index contributed by atoms with van der Waals surface area (Å²) in [5.41, 5.74) is 0.923. The molecule has 1 aliphatic heterocycles. The number of nitrogens with one attached hydrogen (secondary N) is 1. The number of imidazole rings is 1. The van der Waals surface area contributed by atoms with E-state index in [1.54, 1.807) is 18.5 Å². The Balaban J connectivity index is 2.09. The third-order valence-electron chi connectivity index (χ3n) is 4.06. The molecule has 4 atom stereocenters. The lowest BCUT2D eigenvalue weighted by Gasteiger charge is -2.20. The van der Waals surface area contributed by atoms with Crippen molar-refractivity contribution in [2.75, 3.05) is 23.4 Å². The largest absolute Gasteiger partial charge is 0.476 e. The fourth-order valence-electron chi connectivity index (χ4n) is 2.77. The van der Waals surface area contributed by atoms with Gasteiger partial charge in [-0.05, 0) is 6.92 Å². The van der Waals surface area contributed by atoms with Gasteiger partial charge in [-0.2, -0.15) is 9.97 Å². The minimum atomic E-state index is -2.09. The van der Waals surface area contributed by atoms with Gasteiger partial charge in [-0.15, -0.1) is 0 Å². The van der Waals surface area contributed by atoms with Crippen molar-refractivity contribution in [2.24, 2.45) is 5.92 Å². The van der Waals surface area contributed by atoms with Crippen LogP contribution < -0.4 is 10.1 Å². The summed E-state index contributed by atoms with van der Waals surface area (Å²) in [6, 6.07) is 0. The zero-order valence-corrected chi connectivity index (χ0v) is 15.7. The Morgan fingerprint density at radius 2 is 2.29 bits per heavy atom. The molecule has 10 heteroatoms. The number of aliphatic hydroxyl groups excluding tert-OH is 1. The molecule has 0 bridgehead atoms. The van der Waals surface area contributed by atoms with Crippen LogP contribution in [0.5, 0.6) is 5.88 Å². The predicted molar refractivity (Wildman–Crippen MR) is 94.1 cm³/mol. The number of anilines is 1. The summed E-state index contributed by atoms with van der Waals surface area (Å²) in [6.45, 7) is 4.01. The highest BCUT2D eigenvalue weighted by Gasteiger charge is 2.54. The van der Waals surface area contributed by atoms with Crippen LogP contribution in [-0.4, -0.2) is 54.7 Å². The first-order valence-corrected chi connectivity index (χ1v) is 9.13. The highest BCUT2D eigenvalue weighted by Crippen LogP contribution is 2.44. The zero-order chi connectivity index (χ0) is 17.5. The lowest BCUT2D eigenvalue weighted by molar-refractivity contribution is -0.167. The minimum absolute atomic E-state index is 0.0281. The van der Waals surface area contributed by atoms with Crippen molar-refractivity contribution in [2.45, 2.75) is 32.0 Å². The fourth-order valence-corrected chi connectivity index (χ4v) is 3.40. The summed E-state index contributed by atoms with van der Waals surface area (Å²) in [5, 5.41) is 13.1. The number of aliphatic hydroxyl groups is 1. The number of ether oxygens (including phenoxy) is 2. The number of fused-ring (bicyclic) bond motifs is 1. The Bertz CT molecular complexity index is 745. The zero-order valence-electron chi connectivity index (χ0n) is 13.5. The van der Waals surface area contributed by atoms with Gasteiger partial charge < -0.3 is 19.9 Å². The minimum Gasteiger partial charge on any atom is -0.476 e. The van der Waals surface area contributed by atoms with Gasteiger partial charge in [-0.25, -0.2) is 9.37 Å². The van der Waals surface area contributed by atoms with Crippen LogP contribution in [0, 0.1) is 5.92 Å². The van der Waals surface area contributed by atoms with Crippen LogP contribution in [0.3, 0.4) is 0 Å². The molecule has 0 radical (unpaired) electrons. The van der Waals surface area contributed by atoms with E-state index in [1.165, 1.54) is 6.33 Å².